The number of oxazole rings is 1. The first-order valence-corrected chi connectivity index (χ1v) is 19.6. The normalized spacial score (nSPS) is 11.7. The lowest BCUT2D eigenvalue weighted by Gasteiger charge is -2.14. The van der Waals surface area contributed by atoms with Gasteiger partial charge in [-0.25, -0.2) is 9.97 Å². The van der Waals surface area contributed by atoms with Crippen LogP contribution in [0, 0.1) is 0 Å². The molecule has 0 radical (unpaired) electrons. The first-order chi connectivity index (χ1) is 29.2. The van der Waals surface area contributed by atoms with Gasteiger partial charge in [-0.15, -0.1) is 0 Å². The van der Waals surface area contributed by atoms with E-state index in [0.29, 0.717) is 29.1 Å². The highest BCUT2D eigenvalue weighted by atomic mass is 16.3. The maximum Gasteiger partial charge on any atom is 0.238 e. The Morgan fingerprint density at radius 1 is 0.356 bits per heavy atom. The first-order valence-electron chi connectivity index (χ1n) is 19.6. The summed E-state index contributed by atoms with van der Waals surface area (Å²) in [7, 11) is 0. The molecule has 0 saturated carbocycles. The molecule has 0 bridgehead atoms. The van der Waals surface area contributed by atoms with Gasteiger partial charge in [-0.1, -0.05) is 140 Å². The summed E-state index contributed by atoms with van der Waals surface area (Å²) >= 11 is 0. The molecular weight excluding hydrogens is 725 g/mol. The summed E-state index contributed by atoms with van der Waals surface area (Å²) in [5.41, 5.74) is 11.6. The molecule has 0 saturated heterocycles. The molecule has 0 fully saturated rings. The summed E-state index contributed by atoms with van der Waals surface area (Å²) in [6.45, 7) is 0. The number of rotatable bonds is 6. The predicted molar refractivity (Wildman–Crippen MR) is 238 cm³/mol. The zero-order valence-corrected chi connectivity index (χ0v) is 31.6. The standard InChI is InChI=1S/C52H32N6O/c1-4-15-33(16-5-1)36-21-14-22-38(31-36)57-44-25-12-10-23-39(44)41-28-29-42-40-24-11-13-26-45(40)58(48(42)47(41)57)52-55-49(34-17-6-2-7-18-34)54-50(56-52)37-27-30-43-46(32-37)59-51(53-43)35-19-8-3-9-20-35/h1-32H. The number of fused-ring (bicyclic) bond motifs is 8. The zero-order valence-electron chi connectivity index (χ0n) is 31.6. The van der Waals surface area contributed by atoms with E-state index in [0.717, 1.165) is 71.7 Å². The van der Waals surface area contributed by atoms with Gasteiger partial charge in [0.15, 0.2) is 17.2 Å². The highest BCUT2D eigenvalue weighted by molar-refractivity contribution is 6.23. The fraction of sp³-hybridized carbons (Fsp3) is 0. The molecule has 12 rings (SSSR count). The second-order valence-corrected chi connectivity index (χ2v) is 14.7. The number of aromatic nitrogens is 6. The van der Waals surface area contributed by atoms with Crippen molar-refractivity contribution in [1.29, 1.82) is 0 Å². The first kappa shape index (κ1) is 33.0. The molecule has 7 heteroatoms. The van der Waals surface area contributed by atoms with E-state index in [4.69, 9.17) is 24.4 Å². The Bertz CT molecular complexity index is 3550. The van der Waals surface area contributed by atoms with Crippen LogP contribution in [-0.4, -0.2) is 29.1 Å². The fourth-order valence-corrected chi connectivity index (χ4v) is 8.51. The van der Waals surface area contributed by atoms with Crippen LogP contribution in [-0.2, 0) is 0 Å². The second kappa shape index (κ2) is 13.2. The Balaban J connectivity index is 1.15. The van der Waals surface area contributed by atoms with Gasteiger partial charge < -0.3 is 8.98 Å². The van der Waals surface area contributed by atoms with Gasteiger partial charge in [0.05, 0.1) is 22.1 Å². The molecule has 0 N–H and O–H groups in total. The second-order valence-electron chi connectivity index (χ2n) is 14.7. The van der Waals surface area contributed by atoms with E-state index in [2.05, 4.69) is 124 Å². The molecule has 276 valence electrons. The molecular formula is C52H32N6O. The molecule has 0 amide bonds. The van der Waals surface area contributed by atoms with Crippen molar-refractivity contribution in [3.8, 4) is 57.0 Å². The van der Waals surface area contributed by atoms with Gasteiger partial charge in [0.2, 0.25) is 11.8 Å². The van der Waals surface area contributed by atoms with Crippen LogP contribution in [0.4, 0.5) is 0 Å². The maximum absolute atomic E-state index is 6.33. The Hall–Kier alpha value is -8.16. The highest BCUT2D eigenvalue weighted by Crippen LogP contribution is 2.42. The number of benzene rings is 8. The van der Waals surface area contributed by atoms with Gasteiger partial charge in [0.25, 0.3) is 0 Å². The van der Waals surface area contributed by atoms with E-state index in [1.807, 2.05) is 78.9 Å². The molecule has 0 aliphatic carbocycles. The van der Waals surface area contributed by atoms with E-state index in [1.54, 1.807) is 0 Å². The van der Waals surface area contributed by atoms with E-state index in [-0.39, 0.29) is 0 Å². The Labute approximate surface area is 338 Å². The third-order valence-corrected chi connectivity index (χ3v) is 11.2. The minimum absolute atomic E-state index is 0.519. The van der Waals surface area contributed by atoms with Crippen molar-refractivity contribution in [3.63, 3.8) is 0 Å². The fourth-order valence-electron chi connectivity index (χ4n) is 8.51. The van der Waals surface area contributed by atoms with Crippen molar-refractivity contribution in [3.05, 3.63) is 194 Å². The molecule has 4 aromatic heterocycles. The van der Waals surface area contributed by atoms with Crippen LogP contribution in [0.1, 0.15) is 0 Å². The lowest BCUT2D eigenvalue weighted by Crippen LogP contribution is -2.07. The molecule has 0 aliphatic heterocycles. The minimum atomic E-state index is 0.519. The average Bonchev–Trinajstić information content (AvgIpc) is 4.00. The molecule has 0 aliphatic rings. The van der Waals surface area contributed by atoms with E-state index >= 15 is 0 Å². The predicted octanol–water partition coefficient (Wildman–Crippen LogP) is 12.9. The van der Waals surface area contributed by atoms with Crippen LogP contribution < -0.4 is 0 Å². The van der Waals surface area contributed by atoms with Gasteiger partial charge >= 0.3 is 0 Å². The van der Waals surface area contributed by atoms with Crippen molar-refractivity contribution in [2.24, 2.45) is 0 Å². The van der Waals surface area contributed by atoms with Crippen LogP contribution in [0.5, 0.6) is 0 Å². The molecule has 59 heavy (non-hydrogen) atoms. The van der Waals surface area contributed by atoms with Crippen LogP contribution >= 0.6 is 0 Å². The third-order valence-electron chi connectivity index (χ3n) is 11.2. The molecule has 8 aromatic carbocycles. The molecule has 0 spiro atoms. The number of hydrogen-bond donors (Lipinski definition) is 0. The number of hydrogen-bond acceptors (Lipinski definition) is 5. The molecule has 7 nitrogen and oxygen atoms in total. The van der Waals surface area contributed by atoms with Crippen molar-refractivity contribution in [2.45, 2.75) is 0 Å². The summed E-state index contributed by atoms with van der Waals surface area (Å²) in [6, 6.07) is 67.0. The third kappa shape index (κ3) is 5.36. The Morgan fingerprint density at radius 3 is 1.61 bits per heavy atom. The molecule has 0 atom stereocenters. The van der Waals surface area contributed by atoms with Gasteiger partial charge in [0, 0.05) is 43.9 Å². The summed E-state index contributed by atoms with van der Waals surface area (Å²) < 4.78 is 11.0. The summed E-state index contributed by atoms with van der Waals surface area (Å²) in [4.78, 5) is 20.5. The Morgan fingerprint density at radius 2 is 0.915 bits per heavy atom. The van der Waals surface area contributed by atoms with E-state index in [9.17, 15) is 0 Å². The summed E-state index contributed by atoms with van der Waals surface area (Å²) in [6.07, 6.45) is 0. The monoisotopic (exact) mass is 756 g/mol. The Kier molecular flexibility index (Phi) is 7.40. The van der Waals surface area contributed by atoms with Crippen molar-refractivity contribution in [1.82, 2.24) is 29.1 Å². The summed E-state index contributed by atoms with van der Waals surface area (Å²) in [5.74, 6) is 2.19. The molecule has 4 heterocycles. The van der Waals surface area contributed by atoms with Crippen LogP contribution in [0.15, 0.2) is 199 Å². The van der Waals surface area contributed by atoms with Gasteiger partial charge in [-0.3, -0.25) is 4.57 Å². The van der Waals surface area contributed by atoms with Crippen LogP contribution in [0.3, 0.4) is 0 Å². The largest absolute Gasteiger partial charge is 0.436 e. The summed E-state index contributed by atoms with van der Waals surface area (Å²) in [5, 5.41) is 4.53. The zero-order chi connectivity index (χ0) is 38.9. The number of para-hydroxylation sites is 2. The number of nitrogens with zero attached hydrogens (tertiary/aromatic N) is 6. The lowest BCUT2D eigenvalue weighted by molar-refractivity contribution is 0.620. The molecule has 12 aromatic rings. The van der Waals surface area contributed by atoms with Gasteiger partial charge in [-0.2, -0.15) is 9.97 Å². The quantitative estimate of drug-likeness (QED) is 0.169. The lowest BCUT2D eigenvalue weighted by atomic mass is 10.1. The van der Waals surface area contributed by atoms with Crippen LogP contribution in [0.25, 0.3) is 112 Å². The van der Waals surface area contributed by atoms with Gasteiger partial charge in [0.1, 0.15) is 5.52 Å². The SMILES string of the molecule is c1ccc(-c2cccc(-n3c4ccccc4c4ccc5c6ccccc6n(-c6nc(-c7ccccc7)nc(-c7ccc8nc(-c9ccccc9)oc8c7)n6)c5c43)c2)cc1. The average molecular weight is 757 g/mol. The smallest absolute Gasteiger partial charge is 0.238 e. The minimum Gasteiger partial charge on any atom is -0.436 e. The molecule has 0 unspecified atom stereocenters. The topological polar surface area (TPSA) is 74.6 Å². The van der Waals surface area contributed by atoms with Crippen molar-refractivity contribution >= 4 is 54.7 Å². The van der Waals surface area contributed by atoms with E-state index in [1.165, 1.54) is 10.9 Å². The van der Waals surface area contributed by atoms with Crippen LogP contribution in [0.2, 0.25) is 0 Å². The van der Waals surface area contributed by atoms with E-state index < -0.39 is 0 Å². The van der Waals surface area contributed by atoms with Gasteiger partial charge in [-0.05, 0) is 65.7 Å². The van der Waals surface area contributed by atoms with Crippen molar-refractivity contribution in [2.75, 3.05) is 0 Å². The van der Waals surface area contributed by atoms with Crippen molar-refractivity contribution < 1.29 is 4.42 Å². The maximum atomic E-state index is 6.33. The highest BCUT2D eigenvalue weighted by Gasteiger charge is 2.24.